The molecule has 2 aromatic heterocycles. The molecule has 0 saturated heterocycles. The van der Waals surface area contributed by atoms with Crippen LogP contribution in [0.25, 0.3) is 0 Å². The van der Waals surface area contributed by atoms with Gasteiger partial charge in [0.25, 0.3) is 0 Å². The van der Waals surface area contributed by atoms with Crippen molar-refractivity contribution in [3.05, 3.63) is 23.0 Å². The molecule has 0 fully saturated rings. The van der Waals surface area contributed by atoms with E-state index in [0.717, 1.165) is 10.6 Å². The molecule has 6 nitrogen and oxygen atoms in total. The molecule has 0 bridgehead atoms. The fraction of sp³-hybridized carbons (Fsp3) is 0.333. The second-order valence-electron chi connectivity index (χ2n) is 2.58. The van der Waals surface area contributed by atoms with Crippen LogP contribution in [0.15, 0.2) is 12.4 Å². The van der Waals surface area contributed by atoms with Crippen LogP contribution in [0.1, 0.15) is 16.6 Å². The Hall–Kier alpha value is -1.34. The van der Waals surface area contributed by atoms with E-state index in [1.54, 1.807) is 24.1 Å². The minimum Gasteiger partial charge on any atom is -0.318 e. The van der Waals surface area contributed by atoms with E-state index in [9.17, 15) is 0 Å². The maximum atomic E-state index is 5.94. The normalized spacial score (nSPS) is 13.1. The van der Waals surface area contributed by atoms with Gasteiger partial charge in [0.1, 0.15) is 0 Å². The van der Waals surface area contributed by atoms with E-state index in [2.05, 4.69) is 19.9 Å². The third kappa shape index (κ3) is 1.43. The molecule has 0 spiro atoms. The summed E-state index contributed by atoms with van der Waals surface area (Å²) in [5.41, 5.74) is 6.79. The van der Waals surface area contributed by atoms with Crippen molar-refractivity contribution >= 4 is 11.5 Å². The van der Waals surface area contributed by atoms with Gasteiger partial charge in [-0.1, -0.05) is 9.70 Å². The summed E-state index contributed by atoms with van der Waals surface area (Å²) >= 11 is 1.28. The van der Waals surface area contributed by atoms with Crippen LogP contribution in [-0.2, 0) is 7.05 Å². The molecular formula is C6H8N6S. The molecule has 2 heterocycles. The number of hydrogen-bond acceptors (Lipinski definition) is 6. The maximum Gasteiger partial charge on any atom is 0.0865 e. The molecule has 0 aliphatic heterocycles. The second kappa shape index (κ2) is 3.19. The average Bonchev–Trinajstić information content (AvgIpc) is 2.72. The van der Waals surface area contributed by atoms with Gasteiger partial charge >= 0.3 is 0 Å². The minimum atomic E-state index is -0.236. The largest absolute Gasteiger partial charge is 0.318 e. The quantitative estimate of drug-likeness (QED) is 0.714. The first-order valence-electron chi connectivity index (χ1n) is 3.66. The molecule has 1 unspecified atom stereocenters. The highest BCUT2D eigenvalue weighted by Crippen LogP contribution is 2.19. The first-order valence-corrected chi connectivity index (χ1v) is 4.44. The third-order valence-electron chi connectivity index (χ3n) is 1.75. The SMILES string of the molecule is Cn1nncc1C(N)c1cnns1. The van der Waals surface area contributed by atoms with Crippen molar-refractivity contribution in [1.82, 2.24) is 24.6 Å². The highest BCUT2D eigenvalue weighted by Gasteiger charge is 2.14. The van der Waals surface area contributed by atoms with E-state index in [1.165, 1.54) is 11.5 Å². The number of aromatic nitrogens is 5. The van der Waals surface area contributed by atoms with E-state index < -0.39 is 0 Å². The Morgan fingerprint density at radius 1 is 1.46 bits per heavy atom. The zero-order valence-electron chi connectivity index (χ0n) is 6.95. The van der Waals surface area contributed by atoms with Gasteiger partial charge in [-0.25, -0.2) is 0 Å². The van der Waals surface area contributed by atoms with Gasteiger partial charge in [0.15, 0.2) is 0 Å². The van der Waals surface area contributed by atoms with Crippen molar-refractivity contribution in [2.45, 2.75) is 6.04 Å². The monoisotopic (exact) mass is 196 g/mol. The molecule has 0 amide bonds. The van der Waals surface area contributed by atoms with Gasteiger partial charge in [-0.3, -0.25) is 4.68 Å². The van der Waals surface area contributed by atoms with Crippen LogP contribution >= 0.6 is 11.5 Å². The van der Waals surface area contributed by atoms with Crippen molar-refractivity contribution in [2.75, 3.05) is 0 Å². The second-order valence-corrected chi connectivity index (χ2v) is 3.40. The maximum absolute atomic E-state index is 5.94. The molecule has 68 valence electrons. The van der Waals surface area contributed by atoms with E-state index in [0.29, 0.717) is 0 Å². The fourth-order valence-corrected chi connectivity index (χ4v) is 1.55. The fourth-order valence-electron chi connectivity index (χ4n) is 1.04. The number of rotatable bonds is 2. The molecule has 0 aliphatic rings. The van der Waals surface area contributed by atoms with Gasteiger partial charge in [0, 0.05) is 7.05 Å². The smallest absolute Gasteiger partial charge is 0.0865 e. The lowest BCUT2D eigenvalue weighted by molar-refractivity contribution is 0.654. The molecule has 2 rings (SSSR count). The molecule has 2 aromatic rings. The third-order valence-corrected chi connectivity index (χ3v) is 2.50. The molecule has 13 heavy (non-hydrogen) atoms. The molecule has 0 aliphatic carbocycles. The van der Waals surface area contributed by atoms with Crippen molar-refractivity contribution in [3.63, 3.8) is 0 Å². The Morgan fingerprint density at radius 3 is 2.85 bits per heavy atom. The van der Waals surface area contributed by atoms with Crippen molar-refractivity contribution in [2.24, 2.45) is 12.8 Å². The average molecular weight is 196 g/mol. The summed E-state index contributed by atoms with van der Waals surface area (Å²) in [7, 11) is 1.80. The Morgan fingerprint density at radius 2 is 2.31 bits per heavy atom. The minimum absolute atomic E-state index is 0.236. The summed E-state index contributed by atoms with van der Waals surface area (Å²) in [5, 5.41) is 11.3. The lowest BCUT2D eigenvalue weighted by atomic mass is 10.2. The summed E-state index contributed by atoms with van der Waals surface area (Å²) < 4.78 is 5.39. The number of hydrogen-bond donors (Lipinski definition) is 1. The van der Waals surface area contributed by atoms with Gasteiger partial charge in [0.05, 0.1) is 29.0 Å². The number of aryl methyl sites for hydroxylation is 1. The first kappa shape index (κ1) is 8.27. The van der Waals surface area contributed by atoms with Gasteiger partial charge in [-0.05, 0) is 11.5 Å². The molecule has 1 atom stereocenters. The predicted molar refractivity (Wildman–Crippen MR) is 46.9 cm³/mol. The molecule has 7 heteroatoms. The summed E-state index contributed by atoms with van der Waals surface area (Å²) in [4.78, 5) is 0.908. The van der Waals surface area contributed by atoms with Crippen molar-refractivity contribution in [1.29, 1.82) is 0 Å². The summed E-state index contributed by atoms with van der Waals surface area (Å²) in [5.74, 6) is 0. The van der Waals surface area contributed by atoms with Crippen molar-refractivity contribution in [3.8, 4) is 0 Å². The van der Waals surface area contributed by atoms with Crippen LogP contribution in [0.4, 0.5) is 0 Å². The summed E-state index contributed by atoms with van der Waals surface area (Å²) in [6.45, 7) is 0. The number of nitrogens with two attached hydrogens (primary N) is 1. The van der Waals surface area contributed by atoms with Crippen LogP contribution < -0.4 is 5.73 Å². The van der Waals surface area contributed by atoms with E-state index >= 15 is 0 Å². The highest BCUT2D eigenvalue weighted by atomic mass is 32.1. The first-order chi connectivity index (χ1) is 6.29. The number of nitrogens with zero attached hydrogens (tertiary/aromatic N) is 5. The zero-order valence-corrected chi connectivity index (χ0v) is 7.77. The highest BCUT2D eigenvalue weighted by molar-refractivity contribution is 7.05. The van der Waals surface area contributed by atoms with Crippen molar-refractivity contribution < 1.29 is 0 Å². The lowest BCUT2D eigenvalue weighted by Crippen LogP contribution is -2.14. The summed E-state index contributed by atoms with van der Waals surface area (Å²) in [6, 6.07) is -0.236. The van der Waals surface area contributed by atoms with Crippen LogP contribution in [0.5, 0.6) is 0 Å². The molecular weight excluding hydrogens is 188 g/mol. The Bertz CT molecular complexity index is 379. The van der Waals surface area contributed by atoms with Crippen LogP contribution in [0.2, 0.25) is 0 Å². The summed E-state index contributed by atoms with van der Waals surface area (Å²) in [6.07, 6.45) is 3.30. The van der Waals surface area contributed by atoms with Crippen LogP contribution in [-0.4, -0.2) is 24.6 Å². The van der Waals surface area contributed by atoms with E-state index in [4.69, 9.17) is 5.73 Å². The Balaban J connectivity index is 2.33. The topological polar surface area (TPSA) is 82.5 Å². The van der Waals surface area contributed by atoms with E-state index in [-0.39, 0.29) is 6.04 Å². The Kier molecular flexibility index (Phi) is 2.03. The predicted octanol–water partition coefficient (Wildman–Crippen LogP) is -0.285. The zero-order chi connectivity index (χ0) is 9.26. The van der Waals surface area contributed by atoms with Gasteiger partial charge in [-0.15, -0.1) is 10.2 Å². The van der Waals surface area contributed by atoms with Crippen LogP contribution in [0.3, 0.4) is 0 Å². The van der Waals surface area contributed by atoms with Gasteiger partial charge in [-0.2, -0.15) is 0 Å². The van der Waals surface area contributed by atoms with E-state index in [1.807, 2.05) is 0 Å². The molecule has 0 radical (unpaired) electrons. The lowest BCUT2D eigenvalue weighted by Gasteiger charge is -2.06. The molecule has 0 aromatic carbocycles. The molecule has 2 N–H and O–H groups in total. The van der Waals surface area contributed by atoms with Gasteiger partial charge in [0.2, 0.25) is 0 Å². The van der Waals surface area contributed by atoms with Gasteiger partial charge < -0.3 is 5.73 Å². The molecule has 0 saturated carbocycles. The standard InChI is InChI=1S/C6H8N6S/c1-12-4(2-8-10-12)6(7)5-3-9-11-13-5/h2-3,6H,7H2,1H3. The Labute approximate surface area is 78.5 Å². The van der Waals surface area contributed by atoms with Crippen LogP contribution in [0, 0.1) is 0 Å².